The van der Waals surface area contributed by atoms with E-state index < -0.39 is 23.8 Å². The molecular formula is C14H21NO5. The minimum absolute atomic E-state index is 0.163. The molecule has 0 aliphatic heterocycles. The summed E-state index contributed by atoms with van der Waals surface area (Å²) in [6.45, 7) is 5.28. The van der Waals surface area contributed by atoms with Crippen molar-refractivity contribution in [1.82, 2.24) is 0 Å². The molecule has 1 aromatic rings. The number of aliphatic carboxylic acids is 1. The average Bonchev–Trinajstić information content (AvgIpc) is 2.27. The van der Waals surface area contributed by atoms with Gasteiger partial charge < -0.3 is 20.7 Å². The second-order valence-electron chi connectivity index (χ2n) is 5.08. The zero-order valence-corrected chi connectivity index (χ0v) is 11.9. The first-order valence-corrected chi connectivity index (χ1v) is 6.05. The normalized spacial score (nSPS) is 11.8. The highest BCUT2D eigenvalue weighted by molar-refractivity contribution is 5.72. The van der Waals surface area contributed by atoms with Gasteiger partial charge in [0.15, 0.2) is 6.10 Å². The highest BCUT2D eigenvalue weighted by Crippen LogP contribution is 2.05. The van der Waals surface area contributed by atoms with E-state index in [1.165, 1.54) is 0 Å². The molecule has 0 bridgehead atoms. The Balaban J connectivity index is 0.000000396. The van der Waals surface area contributed by atoms with E-state index in [1.54, 1.807) is 32.9 Å². The summed E-state index contributed by atoms with van der Waals surface area (Å²) in [5.74, 6) is -1.18. The van der Waals surface area contributed by atoms with Gasteiger partial charge in [0.05, 0.1) is 0 Å². The van der Waals surface area contributed by atoms with E-state index in [4.69, 9.17) is 15.9 Å². The van der Waals surface area contributed by atoms with Crippen molar-refractivity contribution in [3.8, 4) is 0 Å². The summed E-state index contributed by atoms with van der Waals surface area (Å²) in [4.78, 5) is 20.3. The number of rotatable bonds is 3. The van der Waals surface area contributed by atoms with E-state index in [0.717, 1.165) is 5.56 Å². The molecule has 0 heterocycles. The molecule has 0 fully saturated rings. The third kappa shape index (κ3) is 9.90. The number of carbonyl (C=O) groups is 2. The number of primary amides is 1. The highest BCUT2D eigenvalue weighted by Gasteiger charge is 2.13. The molecule has 0 aromatic heterocycles. The number of ether oxygens (including phenoxy) is 1. The molecule has 20 heavy (non-hydrogen) atoms. The Morgan fingerprint density at radius 2 is 1.75 bits per heavy atom. The monoisotopic (exact) mass is 283 g/mol. The predicted octanol–water partition coefficient (Wildman–Crippen LogP) is 1.55. The van der Waals surface area contributed by atoms with Crippen LogP contribution in [0, 0.1) is 0 Å². The minimum atomic E-state index is -1.30. The number of amides is 1. The Kier molecular flexibility index (Phi) is 7.31. The maximum absolute atomic E-state index is 10.3. The van der Waals surface area contributed by atoms with E-state index >= 15 is 0 Å². The molecule has 0 aliphatic rings. The summed E-state index contributed by atoms with van der Waals surface area (Å²) in [6.07, 6.45) is -1.86. The molecule has 1 rings (SSSR count). The summed E-state index contributed by atoms with van der Waals surface area (Å²) in [5.41, 5.74) is 5.09. The van der Waals surface area contributed by atoms with Crippen LogP contribution in [0.2, 0.25) is 0 Å². The molecule has 0 saturated carbocycles. The van der Waals surface area contributed by atoms with Crippen LogP contribution in [0.15, 0.2) is 30.3 Å². The SMILES string of the molecule is CC(C)(C)OC(N)=O.O=C(O)[C@H](O)Cc1ccccc1. The van der Waals surface area contributed by atoms with Crippen molar-refractivity contribution in [2.75, 3.05) is 0 Å². The molecular weight excluding hydrogens is 262 g/mol. The third-order valence-corrected chi connectivity index (χ3v) is 1.96. The molecule has 0 spiro atoms. The topological polar surface area (TPSA) is 110 Å². The van der Waals surface area contributed by atoms with Gasteiger partial charge in [-0.1, -0.05) is 30.3 Å². The first-order chi connectivity index (χ1) is 9.11. The molecule has 1 atom stereocenters. The van der Waals surface area contributed by atoms with Gasteiger partial charge in [0.25, 0.3) is 0 Å². The van der Waals surface area contributed by atoms with E-state index in [9.17, 15) is 9.59 Å². The fraction of sp³-hybridized carbons (Fsp3) is 0.429. The Labute approximate surface area is 118 Å². The van der Waals surface area contributed by atoms with Crippen molar-refractivity contribution in [3.05, 3.63) is 35.9 Å². The van der Waals surface area contributed by atoms with Crippen molar-refractivity contribution in [2.24, 2.45) is 5.73 Å². The summed E-state index contributed by atoms with van der Waals surface area (Å²) in [6, 6.07) is 9.03. The third-order valence-electron chi connectivity index (χ3n) is 1.96. The number of benzene rings is 1. The van der Waals surface area contributed by atoms with Gasteiger partial charge in [0, 0.05) is 6.42 Å². The lowest BCUT2D eigenvalue weighted by atomic mass is 10.1. The highest BCUT2D eigenvalue weighted by atomic mass is 16.6. The molecule has 1 aromatic carbocycles. The molecule has 0 radical (unpaired) electrons. The number of hydrogen-bond acceptors (Lipinski definition) is 4. The van der Waals surface area contributed by atoms with Crippen molar-refractivity contribution in [1.29, 1.82) is 0 Å². The van der Waals surface area contributed by atoms with Gasteiger partial charge >= 0.3 is 12.1 Å². The van der Waals surface area contributed by atoms with Crippen LogP contribution in [0.25, 0.3) is 0 Å². The van der Waals surface area contributed by atoms with E-state index in [-0.39, 0.29) is 6.42 Å². The van der Waals surface area contributed by atoms with Gasteiger partial charge in [0.1, 0.15) is 5.60 Å². The number of carboxylic acids is 1. The number of carbonyl (C=O) groups excluding carboxylic acids is 1. The molecule has 1 amide bonds. The molecule has 6 heteroatoms. The van der Waals surface area contributed by atoms with Gasteiger partial charge in [-0.2, -0.15) is 0 Å². The lowest BCUT2D eigenvalue weighted by Gasteiger charge is -2.16. The van der Waals surface area contributed by atoms with Crippen LogP contribution in [0.5, 0.6) is 0 Å². The first kappa shape index (κ1) is 17.9. The summed E-state index contributed by atoms with van der Waals surface area (Å²) in [5, 5.41) is 17.4. The number of aliphatic hydroxyl groups is 1. The van der Waals surface area contributed by atoms with E-state index in [2.05, 4.69) is 4.74 Å². The minimum Gasteiger partial charge on any atom is -0.479 e. The van der Waals surface area contributed by atoms with Crippen LogP contribution < -0.4 is 5.73 Å². The molecule has 0 aliphatic carbocycles. The Bertz CT molecular complexity index is 425. The lowest BCUT2D eigenvalue weighted by molar-refractivity contribution is -0.146. The quantitative estimate of drug-likeness (QED) is 0.779. The van der Waals surface area contributed by atoms with Gasteiger partial charge in [0.2, 0.25) is 0 Å². The standard InChI is InChI=1S/C9H10O3.C5H11NO2/c10-8(9(11)12)6-7-4-2-1-3-5-7;1-5(2,3)8-4(6)7/h1-5,8,10H,6H2,(H,11,12);1-3H3,(H2,6,7)/t8-;/m1./s1. The van der Waals surface area contributed by atoms with E-state index in [0.29, 0.717) is 0 Å². The van der Waals surface area contributed by atoms with Gasteiger partial charge in [-0.25, -0.2) is 9.59 Å². The maximum atomic E-state index is 10.3. The summed E-state index contributed by atoms with van der Waals surface area (Å²) >= 11 is 0. The second kappa shape index (κ2) is 8.16. The predicted molar refractivity (Wildman–Crippen MR) is 74.2 cm³/mol. The molecule has 4 N–H and O–H groups in total. The van der Waals surface area contributed by atoms with Crippen LogP contribution in [0.4, 0.5) is 4.79 Å². The first-order valence-electron chi connectivity index (χ1n) is 6.05. The Morgan fingerprint density at radius 1 is 1.25 bits per heavy atom. The molecule has 112 valence electrons. The van der Waals surface area contributed by atoms with Crippen molar-refractivity contribution in [3.63, 3.8) is 0 Å². The van der Waals surface area contributed by atoms with Gasteiger partial charge in [-0.3, -0.25) is 0 Å². The second-order valence-corrected chi connectivity index (χ2v) is 5.08. The summed E-state index contributed by atoms with van der Waals surface area (Å²) in [7, 11) is 0. The Hall–Kier alpha value is -2.08. The van der Waals surface area contributed by atoms with Crippen LogP contribution >= 0.6 is 0 Å². The van der Waals surface area contributed by atoms with Crippen LogP contribution in [0.1, 0.15) is 26.3 Å². The number of aliphatic hydroxyl groups excluding tert-OH is 1. The van der Waals surface area contributed by atoms with Gasteiger partial charge in [-0.05, 0) is 26.3 Å². The molecule has 0 saturated heterocycles. The zero-order valence-electron chi connectivity index (χ0n) is 11.9. The van der Waals surface area contributed by atoms with Gasteiger partial charge in [-0.15, -0.1) is 0 Å². The van der Waals surface area contributed by atoms with E-state index in [1.807, 2.05) is 18.2 Å². The van der Waals surface area contributed by atoms with Crippen molar-refractivity contribution >= 4 is 12.1 Å². The van der Waals surface area contributed by atoms with Crippen molar-refractivity contribution < 1.29 is 24.5 Å². The van der Waals surface area contributed by atoms with Crippen LogP contribution in [0.3, 0.4) is 0 Å². The average molecular weight is 283 g/mol. The number of carboxylic acid groups (broad SMARTS) is 1. The maximum Gasteiger partial charge on any atom is 0.405 e. The smallest absolute Gasteiger partial charge is 0.405 e. The Morgan fingerprint density at radius 3 is 2.05 bits per heavy atom. The zero-order chi connectivity index (χ0) is 15.8. The van der Waals surface area contributed by atoms with Crippen LogP contribution in [-0.4, -0.2) is 34.0 Å². The number of nitrogens with two attached hydrogens (primary N) is 1. The largest absolute Gasteiger partial charge is 0.479 e. The fourth-order valence-electron chi connectivity index (χ4n) is 1.23. The van der Waals surface area contributed by atoms with Crippen molar-refractivity contribution in [2.45, 2.75) is 38.9 Å². The fourth-order valence-corrected chi connectivity index (χ4v) is 1.23. The van der Waals surface area contributed by atoms with Crippen LogP contribution in [-0.2, 0) is 16.0 Å². The molecule has 6 nitrogen and oxygen atoms in total. The molecule has 0 unspecified atom stereocenters. The summed E-state index contributed by atoms with van der Waals surface area (Å²) < 4.78 is 4.58. The number of hydrogen-bond donors (Lipinski definition) is 3. The lowest BCUT2D eigenvalue weighted by Crippen LogP contribution is -2.27.